The Bertz CT molecular complexity index is 854. The maximum Gasteiger partial charge on any atom is 0.277 e. The molecule has 0 saturated carbocycles. The van der Waals surface area contributed by atoms with Crippen molar-refractivity contribution in [3.63, 3.8) is 0 Å². The summed E-state index contributed by atoms with van der Waals surface area (Å²) in [6.07, 6.45) is 5.21. The molecule has 0 bridgehead atoms. The molecule has 0 atom stereocenters. The highest BCUT2D eigenvalue weighted by atomic mass is 79.9. The quantitative estimate of drug-likeness (QED) is 0.637. The molecule has 6 nitrogen and oxygen atoms in total. The first-order chi connectivity index (χ1) is 11.5. The number of aryl methyl sites for hydroxylation is 1. The molecule has 124 valence electrons. The fraction of sp³-hybridized carbons (Fsp3) is 0.188. The predicted octanol–water partition coefficient (Wildman–Crippen LogP) is 3.93. The van der Waals surface area contributed by atoms with Gasteiger partial charge in [0.2, 0.25) is 0 Å². The summed E-state index contributed by atoms with van der Waals surface area (Å²) in [5.74, 6) is -0.266. The Hall–Kier alpha value is -1.93. The van der Waals surface area contributed by atoms with Crippen molar-refractivity contribution in [2.45, 2.75) is 20.0 Å². The van der Waals surface area contributed by atoms with Crippen molar-refractivity contribution in [1.82, 2.24) is 19.6 Å². The molecule has 8 heteroatoms. The average Bonchev–Trinajstić information content (AvgIpc) is 3.16. The van der Waals surface area contributed by atoms with Crippen LogP contribution in [0, 0.1) is 0 Å². The SMILES string of the molecule is CCn1cc(Br)c(C(=O)Nc2cnn(Cc3ccc(Br)cc3)c2)n1. The summed E-state index contributed by atoms with van der Waals surface area (Å²) < 4.78 is 5.19. The van der Waals surface area contributed by atoms with Gasteiger partial charge in [0.25, 0.3) is 5.91 Å². The van der Waals surface area contributed by atoms with Crippen molar-refractivity contribution in [3.05, 3.63) is 63.1 Å². The first-order valence-electron chi connectivity index (χ1n) is 7.36. The van der Waals surface area contributed by atoms with E-state index in [1.54, 1.807) is 28.0 Å². The number of carbonyl (C=O) groups is 1. The number of benzene rings is 1. The second-order valence-electron chi connectivity index (χ2n) is 5.19. The molecule has 3 rings (SSSR count). The van der Waals surface area contributed by atoms with Crippen molar-refractivity contribution >= 4 is 43.5 Å². The lowest BCUT2D eigenvalue weighted by Gasteiger charge is -2.02. The summed E-state index contributed by atoms with van der Waals surface area (Å²) in [4.78, 5) is 12.3. The number of halogens is 2. The van der Waals surface area contributed by atoms with Gasteiger partial charge in [-0.2, -0.15) is 10.2 Å². The highest BCUT2D eigenvalue weighted by molar-refractivity contribution is 9.10. The number of amides is 1. The monoisotopic (exact) mass is 451 g/mol. The Labute approximate surface area is 156 Å². The molecule has 0 radical (unpaired) electrons. The van der Waals surface area contributed by atoms with Gasteiger partial charge in [0.15, 0.2) is 5.69 Å². The van der Waals surface area contributed by atoms with Crippen LogP contribution in [0.15, 0.2) is 51.8 Å². The molecule has 0 aliphatic heterocycles. The molecule has 24 heavy (non-hydrogen) atoms. The molecule has 1 N–H and O–H groups in total. The average molecular weight is 453 g/mol. The van der Waals surface area contributed by atoms with E-state index >= 15 is 0 Å². The molecule has 1 amide bonds. The largest absolute Gasteiger partial charge is 0.318 e. The van der Waals surface area contributed by atoms with Gasteiger partial charge in [-0.25, -0.2) is 0 Å². The Morgan fingerprint density at radius 3 is 2.58 bits per heavy atom. The molecule has 3 aromatic rings. The standard InChI is InChI=1S/C16H15Br2N5O/c1-2-22-10-14(18)15(21-22)16(24)20-13-7-19-23(9-13)8-11-3-5-12(17)6-4-11/h3-7,9-10H,2,8H2,1H3,(H,20,24). The third kappa shape index (κ3) is 3.93. The van der Waals surface area contributed by atoms with Gasteiger partial charge in [-0.1, -0.05) is 28.1 Å². The summed E-state index contributed by atoms with van der Waals surface area (Å²) in [6, 6.07) is 8.03. The molecule has 0 spiro atoms. The number of aromatic nitrogens is 4. The first-order valence-corrected chi connectivity index (χ1v) is 8.95. The van der Waals surface area contributed by atoms with Crippen molar-refractivity contribution in [1.29, 1.82) is 0 Å². The number of hydrogen-bond donors (Lipinski definition) is 1. The number of nitrogens with one attached hydrogen (secondary N) is 1. The minimum absolute atomic E-state index is 0.266. The minimum atomic E-state index is -0.266. The Kier molecular flexibility index (Phi) is 5.15. The summed E-state index contributed by atoms with van der Waals surface area (Å²) >= 11 is 6.77. The zero-order valence-electron chi connectivity index (χ0n) is 12.9. The molecule has 0 aliphatic carbocycles. The van der Waals surface area contributed by atoms with Crippen molar-refractivity contribution in [2.24, 2.45) is 0 Å². The third-order valence-corrected chi connectivity index (χ3v) is 4.51. The van der Waals surface area contributed by atoms with Crippen LogP contribution in [-0.2, 0) is 13.1 Å². The maximum absolute atomic E-state index is 12.3. The van der Waals surface area contributed by atoms with Crippen LogP contribution in [-0.4, -0.2) is 25.5 Å². The number of rotatable bonds is 5. The summed E-state index contributed by atoms with van der Waals surface area (Å²) in [5.41, 5.74) is 2.12. The van der Waals surface area contributed by atoms with E-state index in [4.69, 9.17) is 0 Å². The molecule has 2 aromatic heterocycles. The molecule has 0 aliphatic rings. The van der Waals surface area contributed by atoms with Crippen LogP contribution < -0.4 is 5.32 Å². The normalized spacial score (nSPS) is 10.8. The van der Waals surface area contributed by atoms with Gasteiger partial charge in [0, 0.05) is 23.4 Å². The summed E-state index contributed by atoms with van der Waals surface area (Å²) in [5, 5.41) is 11.3. The second kappa shape index (κ2) is 7.31. The van der Waals surface area contributed by atoms with Gasteiger partial charge < -0.3 is 5.32 Å². The Morgan fingerprint density at radius 2 is 1.92 bits per heavy atom. The number of carbonyl (C=O) groups excluding carboxylic acids is 1. The summed E-state index contributed by atoms with van der Waals surface area (Å²) in [6.45, 7) is 3.31. The van der Waals surface area contributed by atoms with Crippen LogP contribution >= 0.6 is 31.9 Å². The van der Waals surface area contributed by atoms with Gasteiger partial charge >= 0.3 is 0 Å². The minimum Gasteiger partial charge on any atom is -0.318 e. The molecular formula is C16H15Br2N5O. The molecule has 0 saturated heterocycles. The van der Waals surface area contributed by atoms with E-state index in [2.05, 4.69) is 47.4 Å². The fourth-order valence-electron chi connectivity index (χ4n) is 2.19. The van der Waals surface area contributed by atoms with Crippen molar-refractivity contribution in [3.8, 4) is 0 Å². The van der Waals surface area contributed by atoms with E-state index in [0.29, 0.717) is 28.9 Å². The van der Waals surface area contributed by atoms with E-state index in [-0.39, 0.29) is 5.91 Å². The number of anilines is 1. The van der Waals surface area contributed by atoms with Crippen LogP contribution in [0.2, 0.25) is 0 Å². The Morgan fingerprint density at radius 1 is 1.17 bits per heavy atom. The van der Waals surface area contributed by atoms with E-state index in [1.807, 2.05) is 31.2 Å². The highest BCUT2D eigenvalue weighted by Gasteiger charge is 2.15. The lowest BCUT2D eigenvalue weighted by atomic mass is 10.2. The zero-order chi connectivity index (χ0) is 17.1. The fourth-order valence-corrected chi connectivity index (χ4v) is 2.95. The zero-order valence-corrected chi connectivity index (χ0v) is 16.1. The van der Waals surface area contributed by atoms with Crippen LogP contribution in [0.3, 0.4) is 0 Å². The van der Waals surface area contributed by atoms with Gasteiger partial charge in [0.1, 0.15) is 0 Å². The van der Waals surface area contributed by atoms with Crippen LogP contribution in [0.1, 0.15) is 23.0 Å². The maximum atomic E-state index is 12.3. The van der Waals surface area contributed by atoms with E-state index in [1.165, 1.54) is 0 Å². The third-order valence-electron chi connectivity index (χ3n) is 3.41. The van der Waals surface area contributed by atoms with Crippen LogP contribution in [0.5, 0.6) is 0 Å². The van der Waals surface area contributed by atoms with Gasteiger partial charge in [-0.05, 0) is 40.5 Å². The molecule has 0 unspecified atom stereocenters. The first kappa shape index (κ1) is 16.9. The highest BCUT2D eigenvalue weighted by Crippen LogP contribution is 2.17. The number of hydrogen-bond acceptors (Lipinski definition) is 3. The lowest BCUT2D eigenvalue weighted by Crippen LogP contribution is -2.13. The van der Waals surface area contributed by atoms with Gasteiger partial charge in [-0.3, -0.25) is 14.2 Å². The van der Waals surface area contributed by atoms with E-state index in [0.717, 1.165) is 10.0 Å². The van der Waals surface area contributed by atoms with Crippen molar-refractivity contribution < 1.29 is 4.79 Å². The van der Waals surface area contributed by atoms with Gasteiger partial charge in [-0.15, -0.1) is 0 Å². The van der Waals surface area contributed by atoms with Crippen molar-refractivity contribution in [2.75, 3.05) is 5.32 Å². The topological polar surface area (TPSA) is 64.7 Å². The predicted molar refractivity (Wildman–Crippen MR) is 99.0 cm³/mol. The molecule has 1 aromatic carbocycles. The molecule has 0 fully saturated rings. The number of nitrogens with zero attached hydrogens (tertiary/aromatic N) is 4. The van der Waals surface area contributed by atoms with Gasteiger partial charge in [0.05, 0.1) is 22.9 Å². The van der Waals surface area contributed by atoms with Crippen LogP contribution in [0.25, 0.3) is 0 Å². The summed E-state index contributed by atoms with van der Waals surface area (Å²) in [7, 11) is 0. The Balaban J connectivity index is 1.68. The second-order valence-corrected chi connectivity index (χ2v) is 6.96. The molecular weight excluding hydrogens is 438 g/mol. The lowest BCUT2D eigenvalue weighted by molar-refractivity contribution is 0.102. The van der Waals surface area contributed by atoms with E-state index < -0.39 is 0 Å². The van der Waals surface area contributed by atoms with Crippen LogP contribution in [0.4, 0.5) is 5.69 Å². The smallest absolute Gasteiger partial charge is 0.277 e. The van der Waals surface area contributed by atoms with E-state index in [9.17, 15) is 4.79 Å². The molecule has 2 heterocycles.